The molecule has 11 nitrogen and oxygen atoms in total. The summed E-state index contributed by atoms with van der Waals surface area (Å²) < 4.78 is 19.3. The van der Waals surface area contributed by atoms with E-state index in [1.807, 2.05) is 0 Å². The standard InChI is InChI=1S/C22H17Cl3FN9O2/c1-32-7-11-4-17(14(24)6-16(11)30-32)28-20-29-21(36)35(9-18-27-10-33(2)31-18)22(37)34(20)8-12-3-13(23)5-15(26)19(12)25/h3-7,10H,8-9H2,1-2H3,(H,28,29,36). The van der Waals surface area contributed by atoms with Gasteiger partial charge in [0, 0.05) is 30.7 Å². The van der Waals surface area contributed by atoms with Gasteiger partial charge in [-0.1, -0.05) is 34.8 Å². The number of fused-ring (bicyclic) bond motifs is 1. The van der Waals surface area contributed by atoms with Crippen molar-refractivity contribution < 1.29 is 4.39 Å². The van der Waals surface area contributed by atoms with Crippen molar-refractivity contribution in [3.8, 4) is 0 Å². The van der Waals surface area contributed by atoms with Crippen LogP contribution in [0.5, 0.6) is 0 Å². The van der Waals surface area contributed by atoms with Crippen molar-refractivity contribution in [1.82, 2.24) is 38.7 Å². The van der Waals surface area contributed by atoms with Crippen molar-refractivity contribution in [1.29, 1.82) is 0 Å². The second-order valence-corrected chi connectivity index (χ2v) is 9.41. The third-order valence-electron chi connectivity index (χ3n) is 5.45. The van der Waals surface area contributed by atoms with Crippen molar-refractivity contribution in [2.75, 3.05) is 5.32 Å². The van der Waals surface area contributed by atoms with Crippen LogP contribution in [-0.2, 0) is 27.2 Å². The largest absolute Gasteiger partial charge is 0.355 e. The van der Waals surface area contributed by atoms with E-state index in [1.54, 1.807) is 37.1 Å². The summed E-state index contributed by atoms with van der Waals surface area (Å²) in [6.45, 7) is -0.487. The van der Waals surface area contributed by atoms with E-state index in [2.05, 4.69) is 25.5 Å². The zero-order chi connectivity index (χ0) is 26.4. The smallest absolute Gasteiger partial charge is 0.324 e. The first-order valence-electron chi connectivity index (χ1n) is 10.7. The van der Waals surface area contributed by atoms with Gasteiger partial charge in [-0.25, -0.2) is 23.5 Å². The maximum atomic E-state index is 14.3. The molecule has 5 rings (SSSR count). The first-order chi connectivity index (χ1) is 17.6. The van der Waals surface area contributed by atoms with Gasteiger partial charge in [0.25, 0.3) is 0 Å². The molecular formula is C22H17Cl3FN9O2. The van der Waals surface area contributed by atoms with Gasteiger partial charge in [-0.05, 0) is 29.8 Å². The Bertz CT molecular complexity index is 1790. The van der Waals surface area contributed by atoms with Gasteiger partial charge in [-0.3, -0.25) is 13.9 Å². The van der Waals surface area contributed by atoms with Crippen LogP contribution in [0.25, 0.3) is 10.9 Å². The predicted molar refractivity (Wildman–Crippen MR) is 137 cm³/mol. The molecule has 0 fully saturated rings. The summed E-state index contributed by atoms with van der Waals surface area (Å²) in [5, 5.41) is 12.3. The monoisotopic (exact) mass is 563 g/mol. The van der Waals surface area contributed by atoms with Gasteiger partial charge in [-0.2, -0.15) is 15.2 Å². The number of anilines is 2. The lowest BCUT2D eigenvalue weighted by molar-refractivity contribution is 0.571. The van der Waals surface area contributed by atoms with E-state index < -0.39 is 17.2 Å². The Hall–Kier alpha value is -3.74. The molecule has 0 spiro atoms. The second-order valence-electron chi connectivity index (χ2n) is 8.19. The highest BCUT2D eigenvalue weighted by Crippen LogP contribution is 2.30. The minimum atomic E-state index is -0.849. The zero-order valence-electron chi connectivity index (χ0n) is 19.3. The number of benzene rings is 2. The van der Waals surface area contributed by atoms with Crippen LogP contribution >= 0.6 is 34.8 Å². The molecule has 0 aliphatic carbocycles. The number of halogens is 4. The molecule has 0 saturated carbocycles. The molecule has 190 valence electrons. The minimum absolute atomic E-state index is 0.0866. The third kappa shape index (κ3) is 4.95. The van der Waals surface area contributed by atoms with E-state index >= 15 is 0 Å². The molecule has 37 heavy (non-hydrogen) atoms. The average molecular weight is 565 g/mol. The molecule has 5 aromatic rings. The van der Waals surface area contributed by atoms with Crippen molar-refractivity contribution >= 4 is 57.3 Å². The molecule has 1 N–H and O–H groups in total. The number of nitrogens with one attached hydrogen (secondary N) is 1. The maximum Gasteiger partial charge on any atom is 0.355 e. The molecular weight excluding hydrogens is 548 g/mol. The van der Waals surface area contributed by atoms with E-state index in [0.717, 1.165) is 20.6 Å². The minimum Gasteiger partial charge on any atom is -0.324 e. The van der Waals surface area contributed by atoms with E-state index in [-0.39, 0.29) is 45.5 Å². The van der Waals surface area contributed by atoms with Crippen LogP contribution in [-0.4, -0.2) is 38.7 Å². The highest BCUT2D eigenvalue weighted by Gasteiger charge is 2.19. The molecule has 0 radical (unpaired) electrons. The lowest BCUT2D eigenvalue weighted by Crippen LogP contribution is -2.43. The lowest BCUT2D eigenvalue weighted by Gasteiger charge is -2.17. The van der Waals surface area contributed by atoms with Crippen molar-refractivity contribution in [3.63, 3.8) is 0 Å². The Morgan fingerprint density at radius 2 is 1.76 bits per heavy atom. The van der Waals surface area contributed by atoms with Crippen LogP contribution in [0.1, 0.15) is 11.4 Å². The highest BCUT2D eigenvalue weighted by molar-refractivity contribution is 6.34. The molecule has 2 aromatic carbocycles. The number of nitrogens with zero attached hydrogens (tertiary/aromatic N) is 8. The third-order valence-corrected chi connectivity index (χ3v) is 6.40. The molecule has 0 unspecified atom stereocenters. The second kappa shape index (κ2) is 9.61. The highest BCUT2D eigenvalue weighted by atomic mass is 35.5. The number of aromatic nitrogens is 8. The lowest BCUT2D eigenvalue weighted by atomic mass is 10.2. The Balaban J connectivity index is 1.65. The first-order valence-corrected chi connectivity index (χ1v) is 11.8. The van der Waals surface area contributed by atoms with Crippen LogP contribution in [0.4, 0.5) is 16.0 Å². The normalized spacial score (nSPS) is 11.4. The molecule has 15 heteroatoms. The number of hydrogen-bond donors (Lipinski definition) is 1. The van der Waals surface area contributed by atoms with Crippen LogP contribution in [0.2, 0.25) is 15.1 Å². The summed E-state index contributed by atoms with van der Waals surface area (Å²) in [6, 6.07) is 5.83. The van der Waals surface area contributed by atoms with Crippen molar-refractivity contribution in [2.24, 2.45) is 14.1 Å². The molecule has 0 amide bonds. The van der Waals surface area contributed by atoms with Crippen LogP contribution in [0.15, 0.2) is 46.4 Å². The SMILES string of the molecule is Cn1cnc(Cn2c(=O)nc(Nc3cc4cn(C)nc4cc3Cl)n(Cc3cc(Cl)cc(F)c3Cl)c2=O)n1. The van der Waals surface area contributed by atoms with E-state index in [0.29, 0.717) is 11.2 Å². The Morgan fingerprint density at radius 3 is 2.49 bits per heavy atom. The predicted octanol–water partition coefficient (Wildman–Crippen LogP) is 3.36. The summed E-state index contributed by atoms with van der Waals surface area (Å²) in [5.41, 5.74) is -0.380. The van der Waals surface area contributed by atoms with Crippen LogP contribution in [0.3, 0.4) is 0 Å². The Morgan fingerprint density at radius 1 is 0.973 bits per heavy atom. The summed E-state index contributed by atoms with van der Waals surface area (Å²) in [7, 11) is 3.42. The van der Waals surface area contributed by atoms with E-state index in [1.165, 1.54) is 17.1 Å². The van der Waals surface area contributed by atoms with Gasteiger partial charge in [0.05, 0.1) is 34.3 Å². The Kier molecular flexibility index (Phi) is 6.48. The average Bonchev–Trinajstić information content (AvgIpc) is 3.40. The summed E-state index contributed by atoms with van der Waals surface area (Å²) in [4.78, 5) is 34.6. The molecule has 3 aromatic heterocycles. The van der Waals surface area contributed by atoms with Crippen molar-refractivity contribution in [3.05, 3.63) is 90.0 Å². The van der Waals surface area contributed by atoms with Gasteiger partial charge < -0.3 is 5.32 Å². The van der Waals surface area contributed by atoms with Crippen LogP contribution in [0, 0.1) is 5.82 Å². The van der Waals surface area contributed by atoms with Gasteiger partial charge in [0.1, 0.15) is 12.1 Å². The molecule has 0 bridgehead atoms. The number of hydrogen-bond acceptors (Lipinski definition) is 7. The van der Waals surface area contributed by atoms with Gasteiger partial charge in [0.2, 0.25) is 5.95 Å². The summed E-state index contributed by atoms with van der Waals surface area (Å²) in [6.07, 6.45) is 3.22. The maximum absolute atomic E-state index is 14.3. The summed E-state index contributed by atoms with van der Waals surface area (Å²) in [5.74, 6) is -0.662. The zero-order valence-corrected chi connectivity index (χ0v) is 21.6. The van der Waals surface area contributed by atoms with E-state index in [9.17, 15) is 14.0 Å². The molecule has 0 atom stereocenters. The molecule has 3 heterocycles. The summed E-state index contributed by atoms with van der Waals surface area (Å²) >= 11 is 18.6. The fraction of sp³-hybridized carbons (Fsp3) is 0.182. The molecule has 0 aliphatic rings. The van der Waals surface area contributed by atoms with Crippen LogP contribution < -0.4 is 16.7 Å². The molecule has 0 aliphatic heterocycles. The molecule has 0 saturated heterocycles. The Labute approximate surface area is 222 Å². The first kappa shape index (κ1) is 24.9. The fourth-order valence-electron chi connectivity index (χ4n) is 3.78. The quantitative estimate of drug-likeness (QED) is 0.314. The van der Waals surface area contributed by atoms with E-state index in [4.69, 9.17) is 34.8 Å². The topological polar surface area (TPSA) is 117 Å². The number of rotatable bonds is 6. The van der Waals surface area contributed by atoms with Gasteiger partial charge in [-0.15, -0.1) is 0 Å². The number of aryl methyl sites for hydroxylation is 2. The fourth-order valence-corrected chi connectivity index (χ4v) is 4.38. The van der Waals surface area contributed by atoms with Gasteiger partial charge >= 0.3 is 11.4 Å². The van der Waals surface area contributed by atoms with Crippen molar-refractivity contribution in [2.45, 2.75) is 13.1 Å². The van der Waals surface area contributed by atoms with Gasteiger partial charge in [0.15, 0.2) is 5.82 Å².